The van der Waals surface area contributed by atoms with E-state index in [-0.39, 0.29) is 5.69 Å². The van der Waals surface area contributed by atoms with Gasteiger partial charge in [0.2, 0.25) is 0 Å². The molecule has 17 heavy (non-hydrogen) atoms. The van der Waals surface area contributed by atoms with E-state index < -0.39 is 5.97 Å². The number of esters is 1. The first-order chi connectivity index (χ1) is 8.27. The number of nitrogens with one attached hydrogen (secondary N) is 1. The van der Waals surface area contributed by atoms with Gasteiger partial charge in [0.15, 0.2) is 5.69 Å². The third-order valence-electron chi connectivity index (χ3n) is 2.10. The molecule has 1 rings (SSSR count). The van der Waals surface area contributed by atoms with E-state index >= 15 is 0 Å². The van der Waals surface area contributed by atoms with Gasteiger partial charge in [-0.2, -0.15) is 0 Å². The Morgan fingerprint density at radius 1 is 1.47 bits per heavy atom. The molecule has 1 N–H and O–H groups in total. The van der Waals surface area contributed by atoms with Crippen molar-refractivity contribution in [2.45, 2.75) is 19.3 Å². The number of rotatable bonds is 6. The summed E-state index contributed by atoms with van der Waals surface area (Å²) in [7, 11) is 1.31. The predicted molar refractivity (Wildman–Crippen MR) is 64.5 cm³/mol. The van der Waals surface area contributed by atoms with Crippen molar-refractivity contribution in [2.75, 3.05) is 19.0 Å². The van der Waals surface area contributed by atoms with Crippen LogP contribution in [-0.4, -0.2) is 29.6 Å². The summed E-state index contributed by atoms with van der Waals surface area (Å²) in [5.74, 6) is 2.74. The molecule has 0 saturated heterocycles. The lowest BCUT2D eigenvalue weighted by Gasteiger charge is -2.04. The van der Waals surface area contributed by atoms with E-state index in [0.29, 0.717) is 5.82 Å². The van der Waals surface area contributed by atoms with Crippen LogP contribution in [0.2, 0.25) is 0 Å². The number of nitrogens with zero attached hydrogens (tertiary/aromatic N) is 2. The van der Waals surface area contributed by atoms with Gasteiger partial charge >= 0.3 is 5.97 Å². The number of methoxy groups -OCH3 is 1. The topological polar surface area (TPSA) is 64.1 Å². The van der Waals surface area contributed by atoms with E-state index in [4.69, 9.17) is 6.42 Å². The summed E-state index contributed by atoms with van der Waals surface area (Å²) in [5, 5.41) is 3.09. The minimum Gasteiger partial charge on any atom is -0.464 e. The first kappa shape index (κ1) is 13.0. The Labute approximate surface area is 101 Å². The van der Waals surface area contributed by atoms with Gasteiger partial charge in [0.05, 0.1) is 19.5 Å². The lowest BCUT2D eigenvalue weighted by atomic mass is 10.2. The number of aromatic nitrogens is 2. The molecule has 0 unspecified atom stereocenters. The first-order valence-electron chi connectivity index (χ1n) is 5.35. The summed E-state index contributed by atoms with van der Waals surface area (Å²) in [4.78, 5) is 19.1. The molecule has 0 aliphatic carbocycles. The Kier molecular flexibility index (Phi) is 5.52. The fraction of sp³-hybridized carbons (Fsp3) is 0.417. The van der Waals surface area contributed by atoms with E-state index in [9.17, 15) is 4.79 Å². The molecule has 0 amide bonds. The maximum Gasteiger partial charge on any atom is 0.358 e. The highest BCUT2D eigenvalue weighted by Crippen LogP contribution is 2.03. The fourth-order valence-corrected chi connectivity index (χ4v) is 1.20. The molecule has 0 spiro atoms. The van der Waals surface area contributed by atoms with Gasteiger partial charge in [0.25, 0.3) is 0 Å². The molecule has 0 aliphatic heterocycles. The standard InChI is InChI=1S/C12H15N3O2/c1-3-4-5-6-7-13-11-9-14-10(8-15-11)12(16)17-2/h1,8-9H,4-7H2,2H3,(H,13,15). The molecule has 0 fully saturated rings. The monoisotopic (exact) mass is 233 g/mol. The molecule has 0 bridgehead atoms. The van der Waals surface area contributed by atoms with Crippen molar-refractivity contribution >= 4 is 11.8 Å². The summed E-state index contributed by atoms with van der Waals surface area (Å²) in [6, 6.07) is 0. The minimum atomic E-state index is -0.488. The van der Waals surface area contributed by atoms with Crippen molar-refractivity contribution in [2.24, 2.45) is 0 Å². The number of ether oxygens (including phenoxy) is 1. The molecule has 1 heterocycles. The number of anilines is 1. The van der Waals surface area contributed by atoms with Gasteiger partial charge < -0.3 is 10.1 Å². The molecular formula is C12H15N3O2. The Morgan fingerprint density at radius 2 is 2.29 bits per heavy atom. The second kappa shape index (κ2) is 7.23. The maximum atomic E-state index is 11.1. The zero-order valence-electron chi connectivity index (χ0n) is 9.77. The van der Waals surface area contributed by atoms with Crippen molar-refractivity contribution in [1.29, 1.82) is 0 Å². The number of terminal acetylenes is 1. The molecule has 90 valence electrons. The molecule has 5 heteroatoms. The molecular weight excluding hydrogens is 218 g/mol. The van der Waals surface area contributed by atoms with Crippen molar-refractivity contribution in [3.63, 3.8) is 0 Å². The molecule has 0 atom stereocenters. The minimum absolute atomic E-state index is 0.199. The highest BCUT2D eigenvalue weighted by atomic mass is 16.5. The van der Waals surface area contributed by atoms with Crippen molar-refractivity contribution in [3.8, 4) is 12.3 Å². The first-order valence-corrected chi connectivity index (χ1v) is 5.35. The van der Waals surface area contributed by atoms with Gasteiger partial charge in [-0.25, -0.2) is 14.8 Å². The predicted octanol–water partition coefficient (Wildman–Crippen LogP) is 1.48. The average molecular weight is 233 g/mol. The third kappa shape index (κ3) is 4.51. The zero-order chi connectivity index (χ0) is 12.5. The summed E-state index contributed by atoms with van der Waals surface area (Å²) < 4.78 is 4.52. The van der Waals surface area contributed by atoms with E-state index in [0.717, 1.165) is 25.8 Å². The van der Waals surface area contributed by atoms with Crippen LogP contribution in [0.1, 0.15) is 29.8 Å². The van der Waals surface area contributed by atoms with Crippen LogP contribution in [0.4, 0.5) is 5.82 Å². The van der Waals surface area contributed by atoms with Crippen LogP contribution < -0.4 is 5.32 Å². The van der Waals surface area contributed by atoms with Gasteiger partial charge in [-0.15, -0.1) is 12.3 Å². The van der Waals surface area contributed by atoms with E-state index in [2.05, 4.69) is 25.9 Å². The lowest BCUT2D eigenvalue weighted by molar-refractivity contribution is 0.0593. The normalized spacial score (nSPS) is 9.41. The van der Waals surface area contributed by atoms with E-state index in [1.165, 1.54) is 19.5 Å². The summed E-state index contributed by atoms with van der Waals surface area (Å²) in [6.45, 7) is 0.786. The quantitative estimate of drug-likeness (QED) is 0.458. The van der Waals surface area contributed by atoms with Crippen molar-refractivity contribution < 1.29 is 9.53 Å². The second-order valence-corrected chi connectivity index (χ2v) is 3.37. The molecule has 0 aromatic carbocycles. The number of carbonyl (C=O) groups excluding carboxylic acids is 1. The van der Waals surface area contributed by atoms with Crippen LogP contribution in [0.25, 0.3) is 0 Å². The van der Waals surface area contributed by atoms with Gasteiger partial charge in [-0.05, 0) is 12.8 Å². The highest BCUT2D eigenvalue weighted by molar-refractivity contribution is 5.86. The number of carbonyl (C=O) groups is 1. The van der Waals surface area contributed by atoms with Gasteiger partial charge in [0.1, 0.15) is 5.82 Å². The summed E-state index contributed by atoms with van der Waals surface area (Å²) in [5.41, 5.74) is 0.199. The average Bonchev–Trinajstić information content (AvgIpc) is 2.38. The summed E-state index contributed by atoms with van der Waals surface area (Å²) in [6.07, 6.45) is 10.8. The van der Waals surface area contributed by atoms with Crippen LogP contribution >= 0.6 is 0 Å². The van der Waals surface area contributed by atoms with Crippen molar-refractivity contribution in [3.05, 3.63) is 18.1 Å². The van der Waals surface area contributed by atoms with Crippen molar-refractivity contribution in [1.82, 2.24) is 9.97 Å². The lowest BCUT2D eigenvalue weighted by Crippen LogP contribution is -2.08. The van der Waals surface area contributed by atoms with Crippen LogP contribution in [0.15, 0.2) is 12.4 Å². The second-order valence-electron chi connectivity index (χ2n) is 3.37. The number of hydrogen-bond donors (Lipinski definition) is 1. The SMILES string of the molecule is C#CCCCCNc1cnc(C(=O)OC)cn1. The molecule has 0 aliphatic rings. The van der Waals surface area contributed by atoms with Crippen LogP contribution in [0, 0.1) is 12.3 Å². The number of hydrogen-bond acceptors (Lipinski definition) is 5. The van der Waals surface area contributed by atoms with Crippen LogP contribution in [0.3, 0.4) is 0 Å². The molecule has 0 radical (unpaired) electrons. The molecule has 5 nitrogen and oxygen atoms in total. The molecule has 1 aromatic rings. The highest BCUT2D eigenvalue weighted by Gasteiger charge is 2.06. The maximum absolute atomic E-state index is 11.1. The van der Waals surface area contributed by atoms with Crippen LogP contribution in [-0.2, 0) is 4.74 Å². The zero-order valence-corrected chi connectivity index (χ0v) is 9.77. The molecule has 0 saturated carbocycles. The fourth-order valence-electron chi connectivity index (χ4n) is 1.20. The smallest absolute Gasteiger partial charge is 0.358 e. The van der Waals surface area contributed by atoms with Crippen LogP contribution in [0.5, 0.6) is 0 Å². The van der Waals surface area contributed by atoms with Gasteiger partial charge in [0, 0.05) is 13.0 Å². The molecule has 1 aromatic heterocycles. The van der Waals surface area contributed by atoms with E-state index in [1.54, 1.807) is 0 Å². The van der Waals surface area contributed by atoms with Gasteiger partial charge in [-0.1, -0.05) is 0 Å². The Morgan fingerprint density at radius 3 is 2.88 bits per heavy atom. The Hall–Kier alpha value is -2.09. The van der Waals surface area contributed by atoms with E-state index in [1.807, 2.05) is 0 Å². The third-order valence-corrected chi connectivity index (χ3v) is 2.10. The largest absolute Gasteiger partial charge is 0.464 e. The summed E-state index contributed by atoms with van der Waals surface area (Å²) >= 11 is 0. The Bertz CT molecular complexity index is 395. The van der Waals surface area contributed by atoms with Gasteiger partial charge in [-0.3, -0.25) is 0 Å². The Balaban J connectivity index is 2.36. The number of unbranched alkanes of at least 4 members (excludes halogenated alkanes) is 2.